The van der Waals surface area contributed by atoms with E-state index >= 15 is 0 Å². The van der Waals surface area contributed by atoms with Crippen molar-refractivity contribution in [3.63, 3.8) is 0 Å². The van der Waals surface area contributed by atoms with Crippen LogP contribution in [0, 0.1) is 6.92 Å². The molecule has 0 unspecified atom stereocenters. The van der Waals surface area contributed by atoms with Crippen molar-refractivity contribution in [2.24, 2.45) is 0 Å². The number of hydrogen-bond donors (Lipinski definition) is 0. The lowest BCUT2D eigenvalue weighted by Gasteiger charge is -1.95. The van der Waals surface area contributed by atoms with E-state index < -0.39 is 0 Å². The van der Waals surface area contributed by atoms with Crippen molar-refractivity contribution in [2.45, 2.75) is 12.3 Å². The zero-order valence-electron chi connectivity index (χ0n) is 7.10. The molecule has 0 spiro atoms. The minimum Gasteiger partial charge on any atom is -0.128 e. The summed E-state index contributed by atoms with van der Waals surface area (Å²) in [7, 11) is 0. The van der Waals surface area contributed by atoms with Crippen molar-refractivity contribution in [1.29, 1.82) is 0 Å². The largest absolute Gasteiger partial charge is 0.128 e. The maximum atomic E-state index is 3.59. The molecule has 3 heteroatoms. The lowest BCUT2D eigenvalue weighted by molar-refractivity contribution is 1.50. The number of benzene rings is 1. The molecule has 1 aromatic carbocycles. The zero-order chi connectivity index (χ0) is 9.42. The molecule has 0 aliphatic heterocycles. The van der Waals surface area contributed by atoms with Crippen molar-refractivity contribution in [3.8, 4) is 0 Å². The van der Waals surface area contributed by atoms with Gasteiger partial charge in [-0.25, -0.2) is 0 Å². The standard InChI is InChI=1S/C10H8Br2S/c1-6-3-2-4-7-8(5-11)10(12)13-9(6)7/h2-4H,5H2,1H3. The number of fused-ring (bicyclic) bond motifs is 1. The van der Waals surface area contributed by atoms with Crippen LogP contribution in [-0.2, 0) is 5.33 Å². The highest BCUT2D eigenvalue weighted by atomic mass is 79.9. The van der Waals surface area contributed by atoms with Gasteiger partial charge in [-0.2, -0.15) is 0 Å². The fraction of sp³-hybridized carbons (Fsp3) is 0.200. The predicted octanol–water partition coefficient (Wildman–Crippen LogP) is 4.87. The molecule has 0 nitrogen and oxygen atoms in total. The second-order valence-electron chi connectivity index (χ2n) is 2.94. The van der Waals surface area contributed by atoms with Crippen molar-refractivity contribution in [2.75, 3.05) is 0 Å². The van der Waals surface area contributed by atoms with Crippen LogP contribution in [0.2, 0.25) is 0 Å². The Bertz CT molecular complexity index is 445. The summed E-state index contributed by atoms with van der Waals surface area (Å²) in [6.07, 6.45) is 0. The molecule has 1 aromatic heterocycles. The Hall–Kier alpha value is 0.140. The normalized spacial score (nSPS) is 11.0. The van der Waals surface area contributed by atoms with Gasteiger partial charge in [-0.15, -0.1) is 11.3 Å². The first-order valence-corrected chi connectivity index (χ1v) is 6.69. The van der Waals surface area contributed by atoms with E-state index in [1.54, 1.807) is 0 Å². The molecule has 1 heterocycles. The smallest absolute Gasteiger partial charge is 0.0751 e. The van der Waals surface area contributed by atoms with Crippen LogP contribution in [0.3, 0.4) is 0 Å². The molecular weight excluding hydrogens is 312 g/mol. The predicted molar refractivity (Wildman–Crippen MR) is 66.9 cm³/mol. The van der Waals surface area contributed by atoms with E-state index in [1.165, 1.54) is 25.0 Å². The van der Waals surface area contributed by atoms with Crippen LogP contribution in [0.4, 0.5) is 0 Å². The molecular formula is C10H8Br2S. The SMILES string of the molecule is Cc1cccc2c(CBr)c(Br)sc12. The van der Waals surface area contributed by atoms with Gasteiger partial charge in [0.25, 0.3) is 0 Å². The summed E-state index contributed by atoms with van der Waals surface area (Å²) >= 11 is 8.92. The molecule has 0 saturated heterocycles. The number of halogens is 2. The topological polar surface area (TPSA) is 0 Å². The molecule has 0 amide bonds. The number of hydrogen-bond acceptors (Lipinski definition) is 1. The third-order valence-electron chi connectivity index (χ3n) is 2.10. The summed E-state index contributed by atoms with van der Waals surface area (Å²) in [5.41, 5.74) is 2.72. The highest BCUT2D eigenvalue weighted by Gasteiger charge is 2.09. The molecule has 0 bridgehead atoms. The second-order valence-corrected chi connectivity index (χ2v) is 5.84. The van der Waals surface area contributed by atoms with Gasteiger partial charge in [-0.1, -0.05) is 34.1 Å². The van der Waals surface area contributed by atoms with E-state index in [1.807, 2.05) is 11.3 Å². The molecule has 2 rings (SSSR count). The van der Waals surface area contributed by atoms with Gasteiger partial charge < -0.3 is 0 Å². The van der Waals surface area contributed by atoms with E-state index in [9.17, 15) is 0 Å². The Morgan fingerprint density at radius 1 is 1.38 bits per heavy atom. The van der Waals surface area contributed by atoms with E-state index in [-0.39, 0.29) is 0 Å². The number of aryl methyl sites for hydroxylation is 1. The fourth-order valence-electron chi connectivity index (χ4n) is 1.41. The highest BCUT2D eigenvalue weighted by molar-refractivity contribution is 9.11. The molecule has 13 heavy (non-hydrogen) atoms. The monoisotopic (exact) mass is 318 g/mol. The van der Waals surface area contributed by atoms with Crippen LogP contribution in [0.1, 0.15) is 11.1 Å². The molecule has 0 saturated carbocycles. The minimum absolute atomic E-state index is 0.914. The van der Waals surface area contributed by atoms with Gasteiger partial charge in [-0.05, 0) is 39.4 Å². The zero-order valence-corrected chi connectivity index (χ0v) is 11.1. The minimum atomic E-state index is 0.914. The lowest BCUT2D eigenvalue weighted by atomic mass is 10.1. The number of rotatable bonds is 1. The molecule has 2 aromatic rings. The Labute approximate surface area is 98.2 Å². The highest BCUT2D eigenvalue weighted by Crippen LogP contribution is 2.38. The number of alkyl halides is 1. The first kappa shape index (κ1) is 9.69. The van der Waals surface area contributed by atoms with Crippen LogP contribution in [-0.4, -0.2) is 0 Å². The third-order valence-corrected chi connectivity index (χ3v) is 4.80. The van der Waals surface area contributed by atoms with Gasteiger partial charge in [0.1, 0.15) is 0 Å². The van der Waals surface area contributed by atoms with Crippen molar-refractivity contribution in [1.82, 2.24) is 0 Å². The second kappa shape index (κ2) is 3.71. The molecule has 0 N–H and O–H groups in total. The molecule has 0 atom stereocenters. The molecule has 0 aliphatic rings. The van der Waals surface area contributed by atoms with E-state index in [4.69, 9.17) is 0 Å². The average molecular weight is 320 g/mol. The molecule has 0 radical (unpaired) electrons. The Balaban J connectivity index is 2.86. The van der Waals surface area contributed by atoms with Gasteiger partial charge in [0.2, 0.25) is 0 Å². The molecule has 0 fully saturated rings. The average Bonchev–Trinajstić information content (AvgIpc) is 2.43. The van der Waals surface area contributed by atoms with Gasteiger partial charge in [0, 0.05) is 10.0 Å². The maximum absolute atomic E-state index is 3.59. The maximum Gasteiger partial charge on any atom is 0.0751 e. The van der Waals surface area contributed by atoms with Crippen LogP contribution >= 0.6 is 43.2 Å². The molecule has 0 aliphatic carbocycles. The number of thiophene rings is 1. The van der Waals surface area contributed by atoms with Crippen molar-refractivity contribution >= 4 is 53.3 Å². The summed E-state index contributed by atoms with van der Waals surface area (Å²) in [6, 6.07) is 6.45. The van der Waals surface area contributed by atoms with Crippen LogP contribution in [0.5, 0.6) is 0 Å². The summed E-state index contributed by atoms with van der Waals surface area (Å²) in [6.45, 7) is 2.16. The van der Waals surface area contributed by atoms with E-state index in [2.05, 4.69) is 57.0 Å². The van der Waals surface area contributed by atoms with Gasteiger partial charge in [0.05, 0.1) is 3.79 Å². The van der Waals surface area contributed by atoms with E-state index in [0.717, 1.165) is 5.33 Å². The van der Waals surface area contributed by atoms with Gasteiger partial charge >= 0.3 is 0 Å². The van der Waals surface area contributed by atoms with Crippen LogP contribution < -0.4 is 0 Å². The van der Waals surface area contributed by atoms with Crippen LogP contribution in [0.25, 0.3) is 10.1 Å². The van der Waals surface area contributed by atoms with Gasteiger partial charge in [0.15, 0.2) is 0 Å². The summed E-state index contributed by atoms with van der Waals surface area (Å²) in [5, 5.41) is 2.28. The molecule has 68 valence electrons. The quantitative estimate of drug-likeness (QED) is 0.658. The van der Waals surface area contributed by atoms with Crippen molar-refractivity contribution < 1.29 is 0 Å². The Kier molecular flexibility index (Phi) is 2.77. The lowest BCUT2D eigenvalue weighted by Crippen LogP contribution is -1.75. The third kappa shape index (κ3) is 1.58. The van der Waals surface area contributed by atoms with Gasteiger partial charge in [-0.3, -0.25) is 0 Å². The fourth-order valence-corrected chi connectivity index (χ4v) is 4.41. The Morgan fingerprint density at radius 2 is 2.15 bits per heavy atom. The summed E-state index contributed by atoms with van der Waals surface area (Å²) in [4.78, 5) is 0. The van der Waals surface area contributed by atoms with Crippen LogP contribution in [0.15, 0.2) is 22.0 Å². The van der Waals surface area contributed by atoms with E-state index in [0.29, 0.717) is 0 Å². The Morgan fingerprint density at radius 3 is 2.85 bits per heavy atom. The summed E-state index contributed by atoms with van der Waals surface area (Å²) in [5.74, 6) is 0. The first-order chi connectivity index (χ1) is 6.24. The first-order valence-electron chi connectivity index (χ1n) is 3.96. The summed E-state index contributed by atoms with van der Waals surface area (Å²) < 4.78 is 2.64. The van der Waals surface area contributed by atoms with Crippen molar-refractivity contribution in [3.05, 3.63) is 33.1 Å².